The van der Waals surface area contributed by atoms with E-state index in [1.165, 1.54) is 20.4 Å². The molecule has 1 amide bonds. The van der Waals surface area contributed by atoms with Crippen molar-refractivity contribution in [2.75, 3.05) is 14.2 Å². The number of nitrogens with one attached hydrogen (secondary N) is 1. The van der Waals surface area contributed by atoms with Gasteiger partial charge in [0.25, 0.3) is 5.91 Å². The Morgan fingerprint density at radius 3 is 2.36 bits per heavy atom. The molecule has 0 unspecified atom stereocenters. The predicted molar refractivity (Wildman–Crippen MR) is 131 cm³/mol. The summed E-state index contributed by atoms with van der Waals surface area (Å²) in [5, 5.41) is 14.8. The summed E-state index contributed by atoms with van der Waals surface area (Å²) < 4.78 is 11.3. The number of carbonyl (C=O) groups excluding carboxylic acids is 1. The number of rotatable bonds is 6. The first kappa shape index (κ1) is 22.3. The number of fused-ring (bicyclic) bond motifs is 1. The predicted octanol–water partition coefficient (Wildman–Crippen LogP) is 5.15. The molecule has 2 N–H and O–H groups in total. The number of halogens is 1. The number of phenolic OH excluding ortho intramolecular Hbond substituents is 1. The number of para-hydroxylation sites is 1. The summed E-state index contributed by atoms with van der Waals surface area (Å²) in [5.74, 6) is -0.00591. The number of aromatic hydroxyl groups is 1. The van der Waals surface area contributed by atoms with E-state index in [1.54, 1.807) is 18.2 Å². The fraction of sp³-hybridized carbons (Fsp3) is 0.0800. The SMILES string of the molecule is COc1cc(/C=N\NC(=O)c2cc(-c3ccc(Br)cc3)nc3ccccc23)cc(OC)c1O. The van der Waals surface area contributed by atoms with Crippen molar-refractivity contribution in [2.24, 2.45) is 5.10 Å². The van der Waals surface area contributed by atoms with Crippen molar-refractivity contribution in [1.82, 2.24) is 10.4 Å². The molecule has 4 rings (SSSR count). The van der Waals surface area contributed by atoms with Crippen molar-refractivity contribution in [3.8, 4) is 28.5 Å². The monoisotopic (exact) mass is 505 g/mol. The third-order valence-corrected chi connectivity index (χ3v) is 5.51. The van der Waals surface area contributed by atoms with Crippen molar-refractivity contribution in [1.29, 1.82) is 0 Å². The molecule has 8 heteroatoms. The summed E-state index contributed by atoms with van der Waals surface area (Å²) in [4.78, 5) is 17.7. The minimum atomic E-state index is -0.374. The number of phenols is 1. The van der Waals surface area contributed by atoms with Crippen LogP contribution in [-0.2, 0) is 0 Å². The Balaban J connectivity index is 1.65. The molecule has 0 fully saturated rings. The van der Waals surface area contributed by atoms with Crippen molar-refractivity contribution in [3.63, 3.8) is 0 Å². The molecular formula is C25H20BrN3O4. The van der Waals surface area contributed by atoms with Crippen molar-refractivity contribution in [2.45, 2.75) is 0 Å². The number of benzene rings is 3. The Hall–Kier alpha value is -3.91. The van der Waals surface area contributed by atoms with E-state index in [9.17, 15) is 9.90 Å². The van der Waals surface area contributed by atoms with E-state index in [4.69, 9.17) is 14.5 Å². The lowest BCUT2D eigenvalue weighted by atomic mass is 10.0. The average Bonchev–Trinajstić information content (AvgIpc) is 2.84. The molecule has 0 aliphatic heterocycles. The number of hydrazone groups is 1. The van der Waals surface area contributed by atoms with Crippen molar-refractivity contribution >= 4 is 39.0 Å². The second-order valence-corrected chi connectivity index (χ2v) is 7.97. The summed E-state index contributed by atoms with van der Waals surface area (Å²) in [6, 6.07) is 20.1. The second kappa shape index (κ2) is 9.70. The zero-order valence-electron chi connectivity index (χ0n) is 17.9. The zero-order valence-corrected chi connectivity index (χ0v) is 19.5. The molecule has 0 aliphatic rings. The maximum atomic E-state index is 13.0. The lowest BCUT2D eigenvalue weighted by Crippen LogP contribution is -2.18. The molecule has 0 atom stereocenters. The highest BCUT2D eigenvalue weighted by molar-refractivity contribution is 9.10. The van der Waals surface area contributed by atoms with Crippen LogP contribution in [0.25, 0.3) is 22.2 Å². The average molecular weight is 506 g/mol. The molecule has 0 aliphatic carbocycles. The number of hydrogen-bond acceptors (Lipinski definition) is 6. The molecule has 0 radical (unpaired) electrons. The molecule has 0 saturated carbocycles. The van der Waals surface area contributed by atoms with Gasteiger partial charge in [-0.3, -0.25) is 4.79 Å². The van der Waals surface area contributed by atoms with E-state index < -0.39 is 0 Å². The number of nitrogens with zero attached hydrogens (tertiary/aromatic N) is 2. The smallest absolute Gasteiger partial charge is 0.272 e. The molecule has 33 heavy (non-hydrogen) atoms. The molecule has 166 valence electrons. The third-order valence-electron chi connectivity index (χ3n) is 4.98. The zero-order chi connectivity index (χ0) is 23.4. The van der Waals surface area contributed by atoms with Gasteiger partial charge in [0.05, 0.1) is 37.2 Å². The van der Waals surface area contributed by atoms with Gasteiger partial charge in [0, 0.05) is 21.0 Å². The lowest BCUT2D eigenvalue weighted by molar-refractivity contribution is 0.0956. The molecule has 1 aromatic heterocycles. The summed E-state index contributed by atoms with van der Waals surface area (Å²) >= 11 is 3.44. The Morgan fingerprint density at radius 1 is 1.03 bits per heavy atom. The molecule has 7 nitrogen and oxygen atoms in total. The highest BCUT2D eigenvalue weighted by Gasteiger charge is 2.14. The Kier molecular flexibility index (Phi) is 6.55. The van der Waals surface area contributed by atoms with Crippen LogP contribution < -0.4 is 14.9 Å². The van der Waals surface area contributed by atoms with Crippen LogP contribution in [0.4, 0.5) is 0 Å². The normalized spacial score (nSPS) is 11.0. The number of aromatic nitrogens is 1. The van der Waals surface area contributed by atoms with Gasteiger partial charge in [-0.25, -0.2) is 10.4 Å². The van der Waals surface area contributed by atoms with E-state index in [1.807, 2.05) is 48.5 Å². The molecule has 0 saturated heterocycles. The summed E-state index contributed by atoms with van der Waals surface area (Å²) in [6.07, 6.45) is 1.45. The fourth-order valence-corrected chi connectivity index (χ4v) is 3.61. The van der Waals surface area contributed by atoms with Gasteiger partial charge >= 0.3 is 0 Å². The highest BCUT2D eigenvalue weighted by atomic mass is 79.9. The summed E-state index contributed by atoms with van der Waals surface area (Å²) in [6.45, 7) is 0. The Bertz CT molecular complexity index is 1330. The molecule has 4 aromatic rings. The molecule has 0 spiro atoms. The van der Waals surface area contributed by atoms with Crippen LogP contribution >= 0.6 is 15.9 Å². The van der Waals surface area contributed by atoms with Gasteiger partial charge in [-0.2, -0.15) is 5.10 Å². The molecule has 0 bridgehead atoms. The van der Waals surface area contributed by atoms with Gasteiger partial charge in [0.2, 0.25) is 5.75 Å². The first-order valence-electron chi connectivity index (χ1n) is 9.94. The van der Waals surface area contributed by atoms with Crippen LogP contribution in [0, 0.1) is 0 Å². The van der Waals surface area contributed by atoms with Crippen LogP contribution in [0.1, 0.15) is 15.9 Å². The molecular weight excluding hydrogens is 486 g/mol. The van der Waals surface area contributed by atoms with Crippen molar-refractivity contribution in [3.05, 3.63) is 82.3 Å². The van der Waals surface area contributed by atoms with Crippen LogP contribution in [0.2, 0.25) is 0 Å². The van der Waals surface area contributed by atoms with E-state index >= 15 is 0 Å². The van der Waals surface area contributed by atoms with Gasteiger partial charge < -0.3 is 14.6 Å². The lowest BCUT2D eigenvalue weighted by Gasteiger charge is -2.10. The molecule has 1 heterocycles. The van der Waals surface area contributed by atoms with Crippen LogP contribution in [0.5, 0.6) is 17.2 Å². The number of carbonyl (C=O) groups is 1. The summed E-state index contributed by atoms with van der Waals surface area (Å²) in [5.41, 5.74) is 5.89. The van der Waals surface area contributed by atoms with Crippen LogP contribution in [0.3, 0.4) is 0 Å². The maximum absolute atomic E-state index is 13.0. The summed E-state index contributed by atoms with van der Waals surface area (Å²) in [7, 11) is 2.88. The van der Waals surface area contributed by atoms with Gasteiger partial charge in [0.1, 0.15) is 0 Å². The number of ether oxygens (including phenoxy) is 2. The van der Waals surface area contributed by atoms with Crippen LogP contribution in [-0.4, -0.2) is 36.4 Å². The topological polar surface area (TPSA) is 93.0 Å². The fourth-order valence-electron chi connectivity index (χ4n) is 3.35. The van der Waals surface area contributed by atoms with E-state index in [0.717, 1.165) is 15.4 Å². The van der Waals surface area contributed by atoms with E-state index in [0.29, 0.717) is 22.3 Å². The highest BCUT2D eigenvalue weighted by Crippen LogP contribution is 2.36. The number of methoxy groups -OCH3 is 2. The number of pyridine rings is 1. The van der Waals surface area contributed by atoms with Crippen LogP contribution in [0.15, 0.2) is 76.3 Å². The third kappa shape index (κ3) is 4.80. The minimum absolute atomic E-state index is 0.107. The quantitative estimate of drug-likeness (QED) is 0.279. The maximum Gasteiger partial charge on any atom is 0.272 e. The standard InChI is InChI=1S/C25H20BrN3O4/c1-32-22-11-15(12-23(33-2)24(22)30)14-27-29-25(31)19-13-21(16-7-9-17(26)10-8-16)28-20-6-4-3-5-18(19)20/h3-14,30H,1-2H3,(H,29,31)/b27-14-. The van der Waals surface area contributed by atoms with Crippen molar-refractivity contribution < 1.29 is 19.4 Å². The first-order chi connectivity index (χ1) is 16.0. The Labute approximate surface area is 198 Å². The van der Waals surface area contributed by atoms with Gasteiger partial charge in [-0.1, -0.05) is 46.3 Å². The number of amides is 1. The largest absolute Gasteiger partial charge is 0.502 e. The second-order valence-electron chi connectivity index (χ2n) is 7.05. The Morgan fingerprint density at radius 2 is 1.70 bits per heavy atom. The number of hydrogen-bond donors (Lipinski definition) is 2. The van der Waals surface area contributed by atoms with Gasteiger partial charge in [0.15, 0.2) is 11.5 Å². The van der Waals surface area contributed by atoms with E-state index in [2.05, 4.69) is 26.5 Å². The molecule has 3 aromatic carbocycles. The van der Waals surface area contributed by atoms with E-state index in [-0.39, 0.29) is 23.2 Å². The minimum Gasteiger partial charge on any atom is -0.502 e. The van der Waals surface area contributed by atoms with Gasteiger partial charge in [-0.05, 0) is 36.4 Å². The van der Waals surface area contributed by atoms with Gasteiger partial charge in [-0.15, -0.1) is 0 Å². The first-order valence-corrected chi connectivity index (χ1v) is 10.7.